The van der Waals surface area contributed by atoms with E-state index in [4.69, 9.17) is 15.2 Å². The summed E-state index contributed by atoms with van der Waals surface area (Å²) in [4.78, 5) is 14.2. The molecule has 2 aliphatic rings. The number of guanidine groups is 1. The SMILES string of the molecule is COc1nc(N2CC3C(c4ccccc4)(C2)N=C(N)NS3(=O)=O)nc(OC)c1F. The number of anilines is 1. The molecule has 4 rings (SSSR count). The van der Waals surface area contributed by atoms with Gasteiger partial charge in [0.25, 0.3) is 11.8 Å². The maximum Gasteiger partial charge on any atom is 0.259 e. The van der Waals surface area contributed by atoms with Crippen molar-refractivity contribution in [3.63, 3.8) is 0 Å². The summed E-state index contributed by atoms with van der Waals surface area (Å²) in [6.07, 6.45) is 0. The van der Waals surface area contributed by atoms with Gasteiger partial charge < -0.3 is 20.1 Å². The molecule has 29 heavy (non-hydrogen) atoms. The topological polar surface area (TPSA) is 132 Å². The second-order valence-electron chi connectivity index (χ2n) is 6.66. The number of rotatable bonds is 4. The predicted octanol–water partition coefficient (Wildman–Crippen LogP) is -0.0353. The summed E-state index contributed by atoms with van der Waals surface area (Å²) < 4.78 is 52.2. The van der Waals surface area contributed by atoms with Crippen molar-refractivity contribution < 1.29 is 22.3 Å². The van der Waals surface area contributed by atoms with E-state index in [1.165, 1.54) is 14.2 Å². The first kappa shape index (κ1) is 19.2. The molecule has 2 unspecified atom stereocenters. The molecule has 1 saturated heterocycles. The van der Waals surface area contributed by atoms with E-state index in [1.54, 1.807) is 29.2 Å². The number of hydrogen-bond acceptors (Lipinski definition) is 9. The van der Waals surface area contributed by atoms with Crippen molar-refractivity contribution in [1.82, 2.24) is 14.7 Å². The van der Waals surface area contributed by atoms with E-state index in [0.29, 0.717) is 5.56 Å². The van der Waals surface area contributed by atoms with E-state index in [-0.39, 0.29) is 36.8 Å². The zero-order chi connectivity index (χ0) is 20.8. The Balaban J connectivity index is 1.86. The highest BCUT2D eigenvalue weighted by Crippen LogP contribution is 2.43. The van der Waals surface area contributed by atoms with E-state index >= 15 is 0 Å². The number of nitrogens with two attached hydrogens (primary N) is 1. The highest BCUT2D eigenvalue weighted by atomic mass is 32.2. The van der Waals surface area contributed by atoms with Crippen molar-refractivity contribution in [3.05, 3.63) is 41.7 Å². The number of methoxy groups -OCH3 is 2. The van der Waals surface area contributed by atoms with Crippen LogP contribution < -0.4 is 24.8 Å². The lowest BCUT2D eigenvalue weighted by Gasteiger charge is -2.34. The van der Waals surface area contributed by atoms with Crippen LogP contribution in [0, 0.1) is 5.82 Å². The molecule has 2 aliphatic heterocycles. The maximum atomic E-state index is 14.2. The van der Waals surface area contributed by atoms with Crippen LogP contribution in [0.4, 0.5) is 10.3 Å². The Labute approximate surface area is 166 Å². The molecule has 3 heterocycles. The van der Waals surface area contributed by atoms with Gasteiger partial charge in [-0.2, -0.15) is 14.4 Å². The molecule has 0 bridgehead atoms. The Hall–Kier alpha value is -3.15. The van der Waals surface area contributed by atoms with Crippen molar-refractivity contribution in [2.45, 2.75) is 10.8 Å². The third-order valence-corrected chi connectivity index (χ3v) is 6.80. The first-order valence-electron chi connectivity index (χ1n) is 8.63. The fourth-order valence-electron chi connectivity index (χ4n) is 3.75. The van der Waals surface area contributed by atoms with E-state index in [1.807, 2.05) is 6.07 Å². The zero-order valence-electron chi connectivity index (χ0n) is 15.7. The van der Waals surface area contributed by atoms with Gasteiger partial charge in [-0.1, -0.05) is 30.3 Å². The molecule has 0 spiro atoms. The van der Waals surface area contributed by atoms with E-state index in [0.717, 1.165) is 0 Å². The van der Waals surface area contributed by atoms with Gasteiger partial charge in [-0.05, 0) is 5.56 Å². The Bertz CT molecular complexity index is 1060. The molecule has 2 atom stereocenters. The van der Waals surface area contributed by atoms with E-state index in [9.17, 15) is 12.8 Å². The Morgan fingerprint density at radius 1 is 1.21 bits per heavy atom. The summed E-state index contributed by atoms with van der Waals surface area (Å²) in [6.45, 7) is 0.125. The summed E-state index contributed by atoms with van der Waals surface area (Å²) >= 11 is 0. The minimum absolute atomic E-state index is 0.0128. The molecular weight excluding hydrogens is 403 g/mol. The minimum Gasteiger partial charge on any atom is -0.479 e. The number of hydrogen-bond donors (Lipinski definition) is 2. The summed E-state index contributed by atoms with van der Waals surface area (Å²) in [5.41, 5.74) is 5.31. The lowest BCUT2D eigenvalue weighted by molar-refractivity contribution is 0.327. The molecule has 1 aromatic carbocycles. The number of aromatic nitrogens is 2. The first-order chi connectivity index (χ1) is 13.8. The second kappa shape index (κ2) is 6.72. The van der Waals surface area contributed by atoms with Gasteiger partial charge in [0.15, 0.2) is 0 Å². The fourth-order valence-corrected chi connectivity index (χ4v) is 5.39. The smallest absolute Gasteiger partial charge is 0.259 e. The largest absolute Gasteiger partial charge is 0.479 e. The van der Waals surface area contributed by atoms with Crippen LogP contribution in [0.15, 0.2) is 35.3 Å². The number of nitrogens with zero attached hydrogens (tertiary/aromatic N) is 4. The van der Waals surface area contributed by atoms with Gasteiger partial charge in [0.05, 0.1) is 20.8 Å². The van der Waals surface area contributed by atoms with Crippen LogP contribution in [0.3, 0.4) is 0 Å². The normalized spacial score (nSPS) is 25.0. The highest BCUT2D eigenvalue weighted by Gasteiger charge is 2.57. The second-order valence-corrected chi connectivity index (χ2v) is 8.52. The van der Waals surface area contributed by atoms with Gasteiger partial charge in [0.2, 0.25) is 27.7 Å². The average molecular weight is 422 g/mol. The van der Waals surface area contributed by atoms with Gasteiger partial charge in [-0.15, -0.1) is 0 Å². The first-order valence-corrected chi connectivity index (χ1v) is 10.2. The molecule has 0 aliphatic carbocycles. The summed E-state index contributed by atoms with van der Waals surface area (Å²) in [5, 5.41) is -0.963. The zero-order valence-corrected chi connectivity index (χ0v) is 16.5. The molecule has 12 heteroatoms. The van der Waals surface area contributed by atoms with Crippen molar-refractivity contribution in [2.24, 2.45) is 10.7 Å². The summed E-state index contributed by atoms with van der Waals surface area (Å²) in [6, 6.07) is 9.00. The quantitative estimate of drug-likeness (QED) is 0.702. The molecule has 1 aromatic heterocycles. The van der Waals surface area contributed by atoms with Crippen LogP contribution in [-0.4, -0.2) is 56.9 Å². The third kappa shape index (κ3) is 2.99. The van der Waals surface area contributed by atoms with Gasteiger partial charge in [0, 0.05) is 6.54 Å². The van der Waals surface area contributed by atoms with Crippen LogP contribution in [0.2, 0.25) is 0 Å². The lowest BCUT2D eigenvalue weighted by atomic mass is 9.89. The minimum atomic E-state index is -3.84. The number of aliphatic imine (C=N–C) groups is 1. The monoisotopic (exact) mass is 422 g/mol. The van der Waals surface area contributed by atoms with Crippen molar-refractivity contribution in [2.75, 3.05) is 32.2 Å². The Morgan fingerprint density at radius 3 is 2.41 bits per heavy atom. The molecule has 10 nitrogen and oxygen atoms in total. The van der Waals surface area contributed by atoms with Gasteiger partial charge in [-0.3, -0.25) is 4.72 Å². The highest BCUT2D eigenvalue weighted by molar-refractivity contribution is 7.90. The van der Waals surface area contributed by atoms with E-state index in [2.05, 4.69) is 19.7 Å². The molecule has 2 aromatic rings. The number of nitrogens with one attached hydrogen (secondary N) is 1. The van der Waals surface area contributed by atoms with Crippen LogP contribution in [-0.2, 0) is 15.6 Å². The lowest BCUT2D eigenvalue weighted by Crippen LogP contribution is -2.56. The number of ether oxygens (including phenoxy) is 2. The Kier molecular flexibility index (Phi) is 4.45. The van der Waals surface area contributed by atoms with E-state index < -0.39 is 26.6 Å². The number of halogens is 1. The molecule has 0 radical (unpaired) electrons. The Morgan fingerprint density at radius 2 is 1.83 bits per heavy atom. The fraction of sp³-hybridized carbons (Fsp3) is 0.353. The molecule has 0 saturated carbocycles. The van der Waals surface area contributed by atoms with Crippen LogP contribution in [0.25, 0.3) is 0 Å². The number of sulfonamides is 1. The van der Waals surface area contributed by atoms with Crippen molar-refractivity contribution in [3.8, 4) is 11.8 Å². The number of benzene rings is 1. The van der Waals surface area contributed by atoms with Crippen LogP contribution >= 0.6 is 0 Å². The van der Waals surface area contributed by atoms with Gasteiger partial charge in [0.1, 0.15) is 10.8 Å². The predicted molar refractivity (Wildman–Crippen MR) is 103 cm³/mol. The van der Waals surface area contributed by atoms with Crippen LogP contribution in [0.1, 0.15) is 5.56 Å². The third-order valence-electron chi connectivity index (χ3n) is 5.01. The van der Waals surface area contributed by atoms with Gasteiger partial charge >= 0.3 is 0 Å². The van der Waals surface area contributed by atoms with Crippen LogP contribution in [0.5, 0.6) is 11.8 Å². The summed E-state index contributed by atoms with van der Waals surface area (Å²) in [7, 11) is -1.30. The molecular formula is C17H19FN6O4S. The molecule has 1 fully saturated rings. The average Bonchev–Trinajstić information content (AvgIpc) is 3.10. The maximum absolute atomic E-state index is 14.2. The van der Waals surface area contributed by atoms with Crippen molar-refractivity contribution >= 4 is 21.9 Å². The summed E-state index contributed by atoms with van der Waals surface area (Å²) in [5.74, 6) is -1.58. The molecule has 154 valence electrons. The molecule has 3 N–H and O–H groups in total. The number of fused-ring (bicyclic) bond motifs is 1. The standard InChI is InChI=1S/C17H19FN6O4S/c1-27-13-12(18)14(28-2)21-16(20-13)24-8-11-17(9-24,10-6-4-3-5-7-10)22-15(19)23-29(11,25)26/h3-7,11H,8-9H2,1-2H3,(H3,19,22,23). The van der Waals surface area contributed by atoms with Crippen molar-refractivity contribution in [1.29, 1.82) is 0 Å². The van der Waals surface area contributed by atoms with Gasteiger partial charge in [-0.25, -0.2) is 13.4 Å². The molecule has 0 amide bonds.